The molecule has 0 fully saturated rings. The Morgan fingerprint density at radius 1 is 1.33 bits per heavy atom. The van der Waals surface area contributed by atoms with Crippen molar-refractivity contribution >= 4 is 27.9 Å². The molecule has 0 unspecified atom stereocenters. The predicted octanol–water partition coefficient (Wildman–Crippen LogP) is 2.78. The van der Waals surface area contributed by atoms with E-state index in [1.54, 1.807) is 25.1 Å². The number of hydrogen-bond donors (Lipinski definition) is 1. The summed E-state index contributed by atoms with van der Waals surface area (Å²) in [5.41, 5.74) is 2.34. The first kappa shape index (κ1) is 14.7. The number of ether oxygens (including phenoxy) is 1. The van der Waals surface area contributed by atoms with Gasteiger partial charge in [-0.3, -0.25) is 4.79 Å². The van der Waals surface area contributed by atoms with E-state index in [0.717, 1.165) is 11.1 Å². The van der Waals surface area contributed by atoms with Crippen LogP contribution >= 0.6 is 15.9 Å². The molecule has 0 atom stereocenters. The lowest BCUT2D eigenvalue weighted by Crippen LogP contribution is -2.06. The fraction of sp³-hybridized carbons (Fsp3) is 0.385. The van der Waals surface area contributed by atoms with Gasteiger partial charge in [0.15, 0.2) is 0 Å². The topological polar surface area (TPSA) is 63.6 Å². The van der Waals surface area contributed by atoms with Crippen molar-refractivity contribution in [2.75, 3.05) is 6.61 Å². The van der Waals surface area contributed by atoms with Gasteiger partial charge in [-0.1, -0.05) is 22.0 Å². The number of carboxylic acid groups (broad SMARTS) is 1. The van der Waals surface area contributed by atoms with Gasteiger partial charge in [0.1, 0.15) is 0 Å². The van der Waals surface area contributed by atoms with E-state index in [1.807, 2.05) is 0 Å². The number of aliphatic carboxylic acids is 1. The summed E-state index contributed by atoms with van der Waals surface area (Å²) in [5, 5.41) is 9.24. The van der Waals surface area contributed by atoms with Crippen LogP contribution in [0.5, 0.6) is 0 Å². The van der Waals surface area contributed by atoms with Gasteiger partial charge < -0.3 is 9.84 Å². The molecule has 1 rings (SSSR count). The van der Waals surface area contributed by atoms with Crippen molar-refractivity contribution < 1.29 is 19.4 Å². The Kier molecular flexibility index (Phi) is 5.85. The number of alkyl halides is 1. The number of aryl methyl sites for hydroxylation is 1. The molecule has 0 aliphatic carbocycles. The minimum Gasteiger partial charge on any atom is -0.481 e. The number of carboxylic acids is 1. The summed E-state index contributed by atoms with van der Waals surface area (Å²) in [6, 6.07) is 5.19. The van der Waals surface area contributed by atoms with Gasteiger partial charge in [0.25, 0.3) is 0 Å². The Morgan fingerprint density at radius 3 is 2.61 bits per heavy atom. The van der Waals surface area contributed by atoms with Crippen LogP contribution in [0.1, 0.15) is 34.8 Å². The van der Waals surface area contributed by atoms with Gasteiger partial charge >= 0.3 is 11.9 Å². The quantitative estimate of drug-likeness (QED) is 0.648. The highest BCUT2D eigenvalue weighted by Crippen LogP contribution is 2.18. The van der Waals surface area contributed by atoms with E-state index in [4.69, 9.17) is 9.84 Å². The highest BCUT2D eigenvalue weighted by atomic mass is 79.9. The second-order valence-electron chi connectivity index (χ2n) is 3.73. The van der Waals surface area contributed by atoms with Gasteiger partial charge in [-0.2, -0.15) is 0 Å². The van der Waals surface area contributed by atoms with Crippen molar-refractivity contribution in [3.8, 4) is 0 Å². The third kappa shape index (κ3) is 4.14. The number of hydrogen-bond acceptors (Lipinski definition) is 3. The molecule has 0 radical (unpaired) electrons. The number of carbonyl (C=O) groups excluding carboxylic acids is 1. The van der Waals surface area contributed by atoms with Crippen LogP contribution in [0.4, 0.5) is 0 Å². The Morgan fingerprint density at radius 2 is 2.06 bits per heavy atom. The van der Waals surface area contributed by atoms with Crippen molar-refractivity contribution in [2.24, 2.45) is 0 Å². The van der Waals surface area contributed by atoms with Gasteiger partial charge in [-0.15, -0.1) is 0 Å². The molecule has 0 heterocycles. The highest BCUT2D eigenvalue weighted by molar-refractivity contribution is 9.08. The Hall–Kier alpha value is -1.36. The number of benzene rings is 1. The van der Waals surface area contributed by atoms with E-state index in [-0.39, 0.29) is 12.4 Å². The summed E-state index contributed by atoms with van der Waals surface area (Å²) in [6.07, 6.45) is 0.540. The molecule has 0 spiro atoms. The molecule has 0 aliphatic heterocycles. The molecule has 98 valence electrons. The molecular formula is C13H15BrO4. The Bertz CT molecular complexity index is 443. The van der Waals surface area contributed by atoms with Crippen LogP contribution in [0.15, 0.2) is 18.2 Å². The lowest BCUT2D eigenvalue weighted by Gasteiger charge is -2.08. The standard InChI is InChI=1S/C13H15BrO4/c1-2-18-13(17)10-4-3-9(5-6-12(15)16)11(7-10)8-14/h3-4,7H,2,5-6,8H2,1H3,(H,15,16). The second-order valence-corrected chi connectivity index (χ2v) is 4.29. The first-order valence-electron chi connectivity index (χ1n) is 5.65. The fourth-order valence-corrected chi connectivity index (χ4v) is 2.10. The van der Waals surface area contributed by atoms with E-state index in [2.05, 4.69) is 15.9 Å². The average molecular weight is 315 g/mol. The molecule has 0 saturated heterocycles. The molecule has 4 nitrogen and oxygen atoms in total. The van der Waals surface area contributed by atoms with Gasteiger partial charge in [-0.05, 0) is 36.6 Å². The molecule has 0 aromatic heterocycles. The number of esters is 1. The molecule has 0 saturated carbocycles. The zero-order chi connectivity index (χ0) is 13.5. The maximum absolute atomic E-state index is 11.6. The van der Waals surface area contributed by atoms with Gasteiger partial charge in [0.05, 0.1) is 12.2 Å². The van der Waals surface area contributed by atoms with Crippen molar-refractivity contribution in [1.82, 2.24) is 0 Å². The molecule has 5 heteroatoms. The highest BCUT2D eigenvalue weighted by Gasteiger charge is 2.10. The van der Waals surface area contributed by atoms with E-state index < -0.39 is 5.97 Å². The molecule has 1 aromatic carbocycles. The first-order chi connectivity index (χ1) is 8.58. The van der Waals surface area contributed by atoms with Gasteiger partial charge in [0.2, 0.25) is 0 Å². The molecular weight excluding hydrogens is 300 g/mol. The summed E-state index contributed by atoms with van der Waals surface area (Å²) < 4.78 is 4.92. The second kappa shape index (κ2) is 7.16. The lowest BCUT2D eigenvalue weighted by atomic mass is 10.0. The van der Waals surface area contributed by atoms with Crippen molar-refractivity contribution in [3.63, 3.8) is 0 Å². The minimum atomic E-state index is -0.829. The van der Waals surface area contributed by atoms with E-state index >= 15 is 0 Å². The maximum atomic E-state index is 11.6. The van der Waals surface area contributed by atoms with Crippen molar-refractivity contribution in [3.05, 3.63) is 34.9 Å². The normalized spacial score (nSPS) is 10.1. The lowest BCUT2D eigenvalue weighted by molar-refractivity contribution is -0.136. The molecule has 0 bridgehead atoms. The molecule has 18 heavy (non-hydrogen) atoms. The number of rotatable bonds is 6. The third-order valence-electron chi connectivity index (χ3n) is 2.47. The summed E-state index contributed by atoms with van der Waals surface area (Å²) in [7, 11) is 0. The van der Waals surface area contributed by atoms with Crippen molar-refractivity contribution in [2.45, 2.75) is 25.1 Å². The zero-order valence-corrected chi connectivity index (χ0v) is 11.7. The Balaban J connectivity index is 2.89. The average Bonchev–Trinajstić information content (AvgIpc) is 2.36. The van der Waals surface area contributed by atoms with E-state index in [0.29, 0.717) is 23.9 Å². The Labute approximate surface area is 114 Å². The third-order valence-corrected chi connectivity index (χ3v) is 3.07. The molecule has 1 N–H and O–H groups in total. The van der Waals surface area contributed by atoms with Crippen LogP contribution in [0.2, 0.25) is 0 Å². The van der Waals surface area contributed by atoms with Crippen LogP contribution in [0, 0.1) is 0 Å². The summed E-state index contributed by atoms with van der Waals surface area (Å²) in [6.45, 7) is 2.09. The van der Waals surface area contributed by atoms with Crippen LogP contribution in [-0.2, 0) is 21.3 Å². The molecule has 0 aliphatic rings. The molecule has 1 aromatic rings. The SMILES string of the molecule is CCOC(=O)c1ccc(CCC(=O)O)c(CBr)c1. The van der Waals surface area contributed by atoms with E-state index in [9.17, 15) is 9.59 Å². The van der Waals surface area contributed by atoms with Gasteiger partial charge in [-0.25, -0.2) is 4.79 Å². The van der Waals surface area contributed by atoms with Crippen LogP contribution < -0.4 is 0 Å². The monoisotopic (exact) mass is 314 g/mol. The minimum absolute atomic E-state index is 0.0821. The van der Waals surface area contributed by atoms with Gasteiger partial charge in [0, 0.05) is 11.8 Å². The number of halogens is 1. The number of carbonyl (C=O) groups is 2. The largest absolute Gasteiger partial charge is 0.481 e. The van der Waals surface area contributed by atoms with E-state index in [1.165, 1.54) is 0 Å². The summed E-state index contributed by atoms with van der Waals surface area (Å²) in [4.78, 5) is 22.1. The maximum Gasteiger partial charge on any atom is 0.338 e. The van der Waals surface area contributed by atoms with Crippen LogP contribution in [0.25, 0.3) is 0 Å². The van der Waals surface area contributed by atoms with Crippen molar-refractivity contribution in [1.29, 1.82) is 0 Å². The molecule has 0 amide bonds. The fourth-order valence-electron chi connectivity index (χ4n) is 1.58. The van der Waals surface area contributed by atoms with Crippen LogP contribution in [0.3, 0.4) is 0 Å². The summed E-state index contributed by atoms with van der Waals surface area (Å²) >= 11 is 3.34. The smallest absolute Gasteiger partial charge is 0.338 e. The summed E-state index contributed by atoms with van der Waals surface area (Å²) in [5.74, 6) is -1.19. The van der Waals surface area contributed by atoms with Crippen LogP contribution in [-0.4, -0.2) is 23.7 Å². The predicted molar refractivity (Wildman–Crippen MR) is 71.0 cm³/mol. The zero-order valence-electron chi connectivity index (χ0n) is 10.1. The first-order valence-corrected chi connectivity index (χ1v) is 6.77.